The average Bonchev–Trinajstić information content (AvgIpc) is 2.80. The number of ether oxygens (including phenoxy) is 2. The van der Waals surface area contributed by atoms with Crippen molar-refractivity contribution in [3.8, 4) is 0 Å². The first-order valence-electron chi connectivity index (χ1n) is 7.07. The average molecular weight is 342 g/mol. The molecule has 0 unspecified atom stereocenters. The molecule has 136 valence electrons. The maximum Gasteiger partial charge on any atom is 0.254 e. The Labute approximate surface area is 131 Å². The van der Waals surface area contributed by atoms with Gasteiger partial charge in [-0.2, -0.15) is 9.78 Å². The maximum absolute atomic E-state index is 9.91. The fourth-order valence-corrected chi connectivity index (χ4v) is 2.45. The van der Waals surface area contributed by atoms with Gasteiger partial charge in [-0.3, -0.25) is 0 Å². The van der Waals surface area contributed by atoms with Gasteiger partial charge >= 0.3 is 0 Å². The third-order valence-corrected chi connectivity index (χ3v) is 4.00. The van der Waals surface area contributed by atoms with Crippen LogP contribution >= 0.6 is 0 Å². The minimum absolute atomic E-state index is 0.645. The topological polar surface area (TPSA) is 179 Å². The van der Waals surface area contributed by atoms with Crippen molar-refractivity contribution in [2.75, 3.05) is 13.2 Å². The lowest BCUT2D eigenvalue weighted by atomic mass is 10.0. The minimum atomic E-state index is -2.21. The number of aliphatic hydroxyl groups is 7. The molecule has 7 N–H and O–H groups in total. The van der Waals surface area contributed by atoms with Crippen LogP contribution in [0.1, 0.15) is 6.92 Å². The molecule has 0 radical (unpaired) electrons. The summed E-state index contributed by atoms with van der Waals surface area (Å²) in [6, 6.07) is 0. The zero-order valence-electron chi connectivity index (χ0n) is 12.3. The minimum Gasteiger partial charge on any atom is -0.394 e. The van der Waals surface area contributed by atoms with Gasteiger partial charge in [-0.1, -0.05) is 0 Å². The SMILES string of the molecule is C[C@H]1O[C@H](OO[C@]2(CO)O[C@H](CO)[C@@H](O)[C@@H]2O)[C@H](O)[C@@H](O)[C@@H]1O. The zero-order valence-corrected chi connectivity index (χ0v) is 12.3. The smallest absolute Gasteiger partial charge is 0.254 e. The molecule has 0 saturated carbocycles. The summed E-state index contributed by atoms with van der Waals surface area (Å²) in [5, 5.41) is 67.0. The first-order chi connectivity index (χ1) is 10.8. The van der Waals surface area contributed by atoms with E-state index in [2.05, 4.69) is 0 Å². The van der Waals surface area contributed by atoms with Gasteiger partial charge in [0.05, 0.1) is 12.7 Å². The van der Waals surface area contributed by atoms with Crippen LogP contribution in [0.4, 0.5) is 0 Å². The van der Waals surface area contributed by atoms with E-state index in [4.69, 9.17) is 24.4 Å². The largest absolute Gasteiger partial charge is 0.394 e. The lowest BCUT2D eigenvalue weighted by molar-refractivity contribution is -0.502. The third kappa shape index (κ3) is 3.36. The number of hydrogen-bond acceptors (Lipinski definition) is 11. The Morgan fingerprint density at radius 1 is 0.957 bits per heavy atom. The number of rotatable bonds is 5. The normalized spacial score (nSPS) is 51.1. The van der Waals surface area contributed by atoms with Crippen molar-refractivity contribution < 1.29 is 55.0 Å². The molecule has 0 amide bonds. The van der Waals surface area contributed by atoms with Crippen LogP contribution in [0.5, 0.6) is 0 Å². The highest BCUT2D eigenvalue weighted by atomic mass is 17.3. The Hall–Kier alpha value is -0.440. The Bertz CT molecular complexity index is 395. The predicted octanol–water partition coefficient (Wildman–Crippen LogP) is -4.44. The van der Waals surface area contributed by atoms with E-state index in [1.807, 2.05) is 0 Å². The highest BCUT2D eigenvalue weighted by molar-refractivity contribution is 4.96. The van der Waals surface area contributed by atoms with Crippen molar-refractivity contribution in [2.45, 2.75) is 61.7 Å². The highest BCUT2D eigenvalue weighted by Gasteiger charge is 2.57. The van der Waals surface area contributed by atoms with Crippen LogP contribution in [0.15, 0.2) is 0 Å². The summed E-state index contributed by atoms with van der Waals surface area (Å²) in [6.45, 7) is -0.163. The van der Waals surface area contributed by atoms with Gasteiger partial charge in [-0.05, 0) is 6.92 Å². The van der Waals surface area contributed by atoms with Crippen LogP contribution in [-0.2, 0) is 19.2 Å². The molecule has 2 saturated heterocycles. The maximum atomic E-state index is 9.91. The van der Waals surface area contributed by atoms with E-state index in [1.165, 1.54) is 6.92 Å². The van der Waals surface area contributed by atoms with Gasteiger partial charge < -0.3 is 45.2 Å². The second kappa shape index (κ2) is 7.21. The van der Waals surface area contributed by atoms with E-state index in [9.17, 15) is 30.6 Å². The van der Waals surface area contributed by atoms with Crippen LogP contribution in [0, 0.1) is 0 Å². The van der Waals surface area contributed by atoms with Gasteiger partial charge in [0, 0.05) is 0 Å². The van der Waals surface area contributed by atoms with Crippen molar-refractivity contribution in [1.29, 1.82) is 0 Å². The summed E-state index contributed by atoms with van der Waals surface area (Å²) >= 11 is 0. The van der Waals surface area contributed by atoms with Gasteiger partial charge in [0.1, 0.15) is 43.2 Å². The Morgan fingerprint density at radius 3 is 2.13 bits per heavy atom. The molecule has 2 aliphatic heterocycles. The van der Waals surface area contributed by atoms with Gasteiger partial charge in [0.2, 0.25) is 6.29 Å². The quantitative estimate of drug-likeness (QED) is 0.189. The molecule has 2 aliphatic rings. The van der Waals surface area contributed by atoms with E-state index < -0.39 is 68.0 Å². The lowest BCUT2D eigenvalue weighted by Crippen LogP contribution is -2.58. The molecule has 2 heterocycles. The van der Waals surface area contributed by atoms with Crippen molar-refractivity contribution in [2.24, 2.45) is 0 Å². The Balaban J connectivity index is 2.03. The molecule has 11 heteroatoms. The molecule has 23 heavy (non-hydrogen) atoms. The van der Waals surface area contributed by atoms with Crippen molar-refractivity contribution >= 4 is 0 Å². The van der Waals surface area contributed by atoms with Crippen LogP contribution in [0.25, 0.3) is 0 Å². The summed E-state index contributed by atoms with van der Waals surface area (Å²) in [5.41, 5.74) is 0. The molecule has 9 atom stereocenters. The van der Waals surface area contributed by atoms with Gasteiger partial charge in [0.25, 0.3) is 5.79 Å². The lowest BCUT2D eigenvalue weighted by Gasteiger charge is -2.39. The van der Waals surface area contributed by atoms with E-state index in [1.54, 1.807) is 0 Å². The van der Waals surface area contributed by atoms with Gasteiger partial charge in [-0.15, -0.1) is 0 Å². The number of aliphatic hydroxyl groups excluding tert-OH is 7. The van der Waals surface area contributed by atoms with Crippen LogP contribution in [0.3, 0.4) is 0 Å². The zero-order chi connectivity index (χ0) is 17.4. The molecule has 0 aliphatic carbocycles. The molecular weight excluding hydrogens is 320 g/mol. The third-order valence-electron chi connectivity index (χ3n) is 4.00. The molecule has 0 aromatic heterocycles. The van der Waals surface area contributed by atoms with Crippen LogP contribution < -0.4 is 0 Å². The van der Waals surface area contributed by atoms with E-state index in [0.717, 1.165) is 0 Å². The van der Waals surface area contributed by atoms with Gasteiger partial charge in [-0.25, -0.2) is 0 Å². The molecule has 0 bridgehead atoms. The Kier molecular flexibility index (Phi) is 5.92. The fraction of sp³-hybridized carbons (Fsp3) is 1.00. The van der Waals surface area contributed by atoms with Crippen molar-refractivity contribution in [3.63, 3.8) is 0 Å². The molecular formula is C12H22O11. The molecule has 11 nitrogen and oxygen atoms in total. The summed E-state index contributed by atoms with van der Waals surface area (Å²) in [6.07, 6.45) is -11.5. The van der Waals surface area contributed by atoms with Crippen molar-refractivity contribution in [1.82, 2.24) is 0 Å². The van der Waals surface area contributed by atoms with Crippen molar-refractivity contribution in [3.05, 3.63) is 0 Å². The highest BCUT2D eigenvalue weighted by Crippen LogP contribution is 2.33. The summed E-state index contributed by atoms with van der Waals surface area (Å²) in [5.74, 6) is -2.21. The predicted molar refractivity (Wildman–Crippen MR) is 68.3 cm³/mol. The Morgan fingerprint density at radius 2 is 1.61 bits per heavy atom. The number of hydrogen-bond donors (Lipinski definition) is 7. The standard InChI is InChI=1S/C12H22O11/c1-4-6(15)8(17)9(18)11(20-4)22-23-12(3-14)10(19)7(16)5(2-13)21-12/h4-11,13-19H,2-3H2,1H3/t4-,5-,6-,7-,8+,9-,10+,11-,12+/m1/s1. The molecule has 2 rings (SSSR count). The second-order valence-corrected chi connectivity index (χ2v) is 5.61. The monoisotopic (exact) mass is 342 g/mol. The van der Waals surface area contributed by atoms with E-state index in [0.29, 0.717) is 0 Å². The molecule has 0 spiro atoms. The fourth-order valence-electron chi connectivity index (χ4n) is 2.45. The second-order valence-electron chi connectivity index (χ2n) is 5.61. The summed E-state index contributed by atoms with van der Waals surface area (Å²) in [4.78, 5) is 9.62. The first kappa shape index (κ1) is 18.9. The van der Waals surface area contributed by atoms with E-state index in [-0.39, 0.29) is 0 Å². The molecule has 0 aromatic rings. The molecule has 0 aromatic carbocycles. The van der Waals surface area contributed by atoms with E-state index >= 15 is 0 Å². The van der Waals surface area contributed by atoms with Crippen LogP contribution in [-0.4, -0.2) is 104 Å². The first-order valence-corrected chi connectivity index (χ1v) is 7.07. The molecule has 2 fully saturated rings. The summed E-state index contributed by atoms with van der Waals surface area (Å²) in [7, 11) is 0. The van der Waals surface area contributed by atoms with Crippen LogP contribution in [0.2, 0.25) is 0 Å². The summed E-state index contributed by atoms with van der Waals surface area (Å²) < 4.78 is 10.2. The van der Waals surface area contributed by atoms with Gasteiger partial charge in [0.15, 0.2) is 0 Å².